The molecule has 1 aliphatic carbocycles. The first kappa shape index (κ1) is 22.4. The van der Waals surface area contributed by atoms with E-state index in [1.165, 1.54) is 4.90 Å². The van der Waals surface area contributed by atoms with Crippen molar-refractivity contribution in [3.05, 3.63) is 59.7 Å². The summed E-state index contributed by atoms with van der Waals surface area (Å²) in [7, 11) is 0. The van der Waals surface area contributed by atoms with Crippen LogP contribution >= 0.6 is 0 Å². The Morgan fingerprint density at radius 3 is 2.41 bits per heavy atom. The Morgan fingerprint density at radius 1 is 1.12 bits per heavy atom. The first-order chi connectivity index (χ1) is 16.4. The van der Waals surface area contributed by atoms with Crippen molar-refractivity contribution in [1.82, 2.24) is 10.2 Å². The summed E-state index contributed by atoms with van der Waals surface area (Å²) in [6.45, 7) is 2.56. The molecule has 3 atom stereocenters. The lowest BCUT2D eigenvalue weighted by Gasteiger charge is -2.34. The third kappa shape index (κ3) is 3.72. The van der Waals surface area contributed by atoms with E-state index in [1.807, 2.05) is 24.3 Å². The molecule has 8 heteroatoms. The zero-order valence-corrected chi connectivity index (χ0v) is 19.0. The van der Waals surface area contributed by atoms with Crippen molar-refractivity contribution < 1.29 is 29.0 Å². The number of alkyl carbamates (subject to hydrolysis) is 1. The smallest absolute Gasteiger partial charge is 0.407 e. The SMILES string of the molecule is CC1(C(=O)N2CCC[C@H]2C(=O)O)COCC1NC(=O)OCC1c2ccccc2-c2ccccc21. The number of fused-ring (bicyclic) bond motifs is 3. The molecule has 2 saturated heterocycles. The number of carboxylic acid groups (broad SMARTS) is 1. The third-order valence-corrected chi connectivity index (χ3v) is 7.38. The summed E-state index contributed by atoms with van der Waals surface area (Å²) in [6.07, 6.45) is 0.458. The fourth-order valence-electron chi connectivity index (χ4n) is 5.46. The van der Waals surface area contributed by atoms with E-state index in [4.69, 9.17) is 9.47 Å². The van der Waals surface area contributed by atoms with Gasteiger partial charge in [-0.05, 0) is 42.0 Å². The number of rotatable bonds is 5. The average Bonchev–Trinajstić information content (AvgIpc) is 3.54. The Hall–Kier alpha value is -3.39. The Kier molecular flexibility index (Phi) is 5.77. The lowest BCUT2D eigenvalue weighted by Crippen LogP contribution is -2.56. The maximum Gasteiger partial charge on any atom is 0.407 e. The first-order valence-electron chi connectivity index (χ1n) is 11.6. The maximum absolute atomic E-state index is 13.3. The summed E-state index contributed by atoms with van der Waals surface area (Å²) in [5, 5.41) is 12.3. The molecule has 2 heterocycles. The number of likely N-dealkylation sites (tertiary alicyclic amines) is 1. The molecule has 0 saturated carbocycles. The number of carbonyl (C=O) groups is 3. The Labute approximate surface area is 197 Å². The third-order valence-electron chi connectivity index (χ3n) is 7.38. The van der Waals surface area contributed by atoms with E-state index in [0.717, 1.165) is 22.3 Å². The van der Waals surface area contributed by atoms with Gasteiger partial charge in [0.2, 0.25) is 5.91 Å². The summed E-state index contributed by atoms with van der Waals surface area (Å²) in [5.41, 5.74) is 3.48. The number of carboxylic acids is 1. The predicted molar refractivity (Wildman–Crippen MR) is 123 cm³/mol. The van der Waals surface area contributed by atoms with Gasteiger partial charge in [0.15, 0.2) is 0 Å². The lowest BCUT2D eigenvalue weighted by molar-refractivity contribution is -0.153. The van der Waals surface area contributed by atoms with E-state index in [9.17, 15) is 19.5 Å². The van der Waals surface area contributed by atoms with Crippen molar-refractivity contribution in [2.75, 3.05) is 26.4 Å². The van der Waals surface area contributed by atoms with Crippen molar-refractivity contribution in [1.29, 1.82) is 0 Å². The largest absolute Gasteiger partial charge is 0.480 e. The fourth-order valence-corrected chi connectivity index (χ4v) is 5.46. The number of hydrogen-bond acceptors (Lipinski definition) is 5. The van der Waals surface area contributed by atoms with Crippen LogP contribution in [0.2, 0.25) is 0 Å². The van der Waals surface area contributed by atoms with Crippen molar-refractivity contribution in [3.8, 4) is 11.1 Å². The second kappa shape index (κ2) is 8.76. The van der Waals surface area contributed by atoms with Gasteiger partial charge in [-0.3, -0.25) is 4.79 Å². The standard InChI is InChI=1S/C26H28N2O6/c1-26(24(31)28-12-6-11-21(28)23(29)30)15-33-14-22(26)27-25(32)34-13-20-18-9-4-2-7-16(18)17-8-3-5-10-19(17)20/h2-5,7-10,20-22H,6,11-15H2,1H3,(H,27,32)(H,29,30)/t21-,22?,26?/m0/s1. The number of carbonyl (C=O) groups excluding carboxylic acids is 2. The van der Waals surface area contributed by atoms with Gasteiger partial charge in [-0.25, -0.2) is 9.59 Å². The number of hydrogen-bond donors (Lipinski definition) is 2. The Balaban J connectivity index is 1.26. The summed E-state index contributed by atoms with van der Waals surface area (Å²) < 4.78 is 11.2. The normalized spacial score (nSPS) is 25.6. The Morgan fingerprint density at radius 2 is 1.76 bits per heavy atom. The van der Waals surface area contributed by atoms with Crippen molar-refractivity contribution in [3.63, 3.8) is 0 Å². The molecule has 0 bridgehead atoms. The molecule has 2 aromatic carbocycles. The van der Waals surface area contributed by atoms with Gasteiger partial charge in [-0.2, -0.15) is 0 Å². The molecule has 2 fully saturated rings. The molecule has 2 amide bonds. The van der Waals surface area contributed by atoms with Gasteiger partial charge in [0.1, 0.15) is 12.6 Å². The van der Waals surface area contributed by atoms with Crippen LogP contribution in [0.25, 0.3) is 11.1 Å². The highest BCUT2D eigenvalue weighted by Crippen LogP contribution is 2.44. The molecule has 2 aromatic rings. The van der Waals surface area contributed by atoms with Gasteiger partial charge in [0, 0.05) is 12.5 Å². The number of amides is 2. The Bertz CT molecular complexity index is 1090. The predicted octanol–water partition coefficient (Wildman–Crippen LogP) is 3.01. The number of ether oxygens (including phenoxy) is 2. The van der Waals surface area contributed by atoms with Crippen LogP contribution in [0.5, 0.6) is 0 Å². The topological polar surface area (TPSA) is 105 Å². The maximum atomic E-state index is 13.3. The molecular formula is C26H28N2O6. The average molecular weight is 465 g/mol. The number of aliphatic carboxylic acids is 1. The minimum absolute atomic E-state index is 0.0630. The molecule has 8 nitrogen and oxygen atoms in total. The number of nitrogens with one attached hydrogen (secondary N) is 1. The highest BCUT2D eigenvalue weighted by atomic mass is 16.5. The molecule has 178 valence electrons. The fraction of sp³-hybridized carbons (Fsp3) is 0.423. The van der Waals surface area contributed by atoms with Gasteiger partial charge < -0.3 is 24.8 Å². The molecule has 0 spiro atoms. The van der Waals surface area contributed by atoms with E-state index in [0.29, 0.717) is 19.4 Å². The van der Waals surface area contributed by atoms with Crippen LogP contribution < -0.4 is 5.32 Å². The quantitative estimate of drug-likeness (QED) is 0.705. The van der Waals surface area contributed by atoms with Crippen LogP contribution in [-0.2, 0) is 19.1 Å². The molecular weight excluding hydrogens is 436 g/mol. The van der Waals surface area contributed by atoms with Crippen LogP contribution in [0.4, 0.5) is 4.79 Å². The van der Waals surface area contributed by atoms with E-state index in [1.54, 1.807) is 6.92 Å². The molecule has 0 aromatic heterocycles. The minimum atomic E-state index is -1.05. The monoisotopic (exact) mass is 464 g/mol. The second-order valence-corrected chi connectivity index (χ2v) is 9.45. The van der Waals surface area contributed by atoms with Crippen LogP contribution in [0, 0.1) is 5.41 Å². The summed E-state index contributed by atoms with van der Waals surface area (Å²) in [6, 6.07) is 14.8. The molecule has 3 aliphatic rings. The van der Waals surface area contributed by atoms with Crippen LogP contribution in [0.1, 0.15) is 36.8 Å². The zero-order chi connectivity index (χ0) is 23.9. The van der Waals surface area contributed by atoms with Crippen molar-refractivity contribution >= 4 is 18.0 Å². The van der Waals surface area contributed by atoms with Gasteiger partial charge >= 0.3 is 12.1 Å². The molecule has 2 N–H and O–H groups in total. The summed E-state index contributed by atoms with van der Waals surface area (Å²) in [4.78, 5) is 39.1. The van der Waals surface area contributed by atoms with Crippen LogP contribution in [0.3, 0.4) is 0 Å². The van der Waals surface area contributed by atoms with Crippen molar-refractivity contribution in [2.24, 2.45) is 5.41 Å². The zero-order valence-electron chi connectivity index (χ0n) is 19.0. The lowest BCUT2D eigenvalue weighted by atomic mass is 9.83. The van der Waals surface area contributed by atoms with Gasteiger partial charge in [0.25, 0.3) is 0 Å². The first-order valence-corrected chi connectivity index (χ1v) is 11.6. The molecule has 2 aliphatic heterocycles. The van der Waals surface area contributed by atoms with E-state index in [-0.39, 0.29) is 31.6 Å². The van der Waals surface area contributed by atoms with Gasteiger partial charge in [-0.15, -0.1) is 0 Å². The minimum Gasteiger partial charge on any atom is -0.480 e. The number of benzene rings is 2. The summed E-state index contributed by atoms with van der Waals surface area (Å²) >= 11 is 0. The van der Waals surface area contributed by atoms with Crippen LogP contribution in [0.15, 0.2) is 48.5 Å². The number of nitrogens with zero attached hydrogens (tertiary/aromatic N) is 1. The van der Waals surface area contributed by atoms with Crippen molar-refractivity contribution in [2.45, 2.75) is 37.8 Å². The van der Waals surface area contributed by atoms with E-state index in [2.05, 4.69) is 29.6 Å². The van der Waals surface area contributed by atoms with Crippen LogP contribution in [-0.4, -0.2) is 66.4 Å². The van der Waals surface area contributed by atoms with Gasteiger partial charge in [0.05, 0.1) is 24.7 Å². The summed E-state index contributed by atoms with van der Waals surface area (Å²) in [5.74, 6) is -1.37. The van der Waals surface area contributed by atoms with Gasteiger partial charge in [-0.1, -0.05) is 48.5 Å². The van der Waals surface area contributed by atoms with E-state index >= 15 is 0 Å². The highest BCUT2D eigenvalue weighted by Gasteiger charge is 2.51. The highest BCUT2D eigenvalue weighted by molar-refractivity contribution is 5.89. The molecule has 2 unspecified atom stereocenters. The molecule has 0 radical (unpaired) electrons. The second-order valence-electron chi connectivity index (χ2n) is 9.45. The molecule has 5 rings (SSSR count). The molecule has 34 heavy (non-hydrogen) atoms. The van der Waals surface area contributed by atoms with E-state index < -0.39 is 29.6 Å².